The van der Waals surface area contributed by atoms with Gasteiger partial charge in [0.05, 0.1) is 23.5 Å². The zero-order valence-corrected chi connectivity index (χ0v) is 10.3. The molecule has 0 aromatic heterocycles. The summed E-state index contributed by atoms with van der Waals surface area (Å²) in [6.07, 6.45) is 0. The lowest BCUT2D eigenvalue weighted by Gasteiger charge is -2.26. The molecule has 0 fully saturated rings. The van der Waals surface area contributed by atoms with Crippen molar-refractivity contribution < 1.29 is 14.2 Å². The molecular formula is C8H18O3Si. The van der Waals surface area contributed by atoms with Crippen molar-refractivity contribution >= 4 is 10.2 Å². The van der Waals surface area contributed by atoms with Gasteiger partial charge < -0.3 is 14.2 Å². The molecule has 72 valence electrons. The molecule has 12 heavy (non-hydrogen) atoms. The molecule has 0 atom stereocenters. The highest BCUT2D eigenvalue weighted by molar-refractivity contribution is 6.13. The highest BCUT2D eigenvalue weighted by Crippen LogP contribution is 2.06. The van der Waals surface area contributed by atoms with Crippen LogP contribution in [0.5, 0.6) is 0 Å². The Balaban J connectivity index is 3.65. The Morgan fingerprint density at radius 2 is 1.92 bits per heavy atom. The molecule has 0 unspecified atom stereocenters. The maximum atomic E-state index is 5.33. The molecule has 4 heteroatoms. The third-order valence-corrected chi connectivity index (χ3v) is 2.68. The van der Waals surface area contributed by atoms with Gasteiger partial charge in [0, 0.05) is 14.2 Å². The Morgan fingerprint density at radius 1 is 1.42 bits per heavy atom. The summed E-state index contributed by atoms with van der Waals surface area (Å²) in [5, 5.41) is 0. The molecule has 3 nitrogen and oxygen atoms in total. The lowest BCUT2D eigenvalue weighted by molar-refractivity contribution is -0.174. The van der Waals surface area contributed by atoms with E-state index in [1.165, 1.54) is 0 Å². The standard InChI is InChI=1S/C8H18O3Si/c1-7(2)5-11-6-8(12,9-3)10-4/h1,5-6H2,2-4,12H3. The number of rotatable bonds is 6. The van der Waals surface area contributed by atoms with Crippen LogP contribution in [0.3, 0.4) is 0 Å². The molecule has 0 spiro atoms. The molecule has 0 aliphatic carbocycles. The highest BCUT2D eigenvalue weighted by atomic mass is 28.1. The van der Waals surface area contributed by atoms with Crippen LogP contribution in [0, 0.1) is 0 Å². The van der Waals surface area contributed by atoms with E-state index in [1.54, 1.807) is 14.2 Å². The third kappa shape index (κ3) is 4.66. The normalized spacial score (nSPS) is 11.9. The predicted octanol–water partition coefficient (Wildman–Crippen LogP) is -0.109. The van der Waals surface area contributed by atoms with Crippen LogP contribution in [0.15, 0.2) is 12.2 Å². The van der Waals surface area contributed by atoms with Gasteiger partial charge in [0.1, 0.15) is 0 Å². The van der Waals surface area contributed by atoms with Crippen LogP contribution in [0.1, 0.15) is 6.92 Å². The van der Waals surface area contributed by atoms with Crippen LogP contribution in [0.2, 0.25) is 0 Å². The molecule has 0 radical (unpaired) electrons. The average Bonchev–Trinajstić information content (AvgIpc) is 2.03. The van der Waals surface area contributed by atoms with Crippen LogP contribution in [0.4, 0.5) is 0 Å². The second-order valence-electron chi connectivity index (χ2n) is 2.99. The monoisotopic (exact) mass is 190 g/mol. The van der Waals surface area contributed by atoms with Gasteiger partial charge in [0.15, 0.2) is 5.41 Å². The molecule has 0 N–H and O–H groups in total. The van der Waals surface area contributed by atoms with Crippen molar-refractivity contribution in [1.29, 1.82) is 0 Å². The second-order valence-corrected chi connectivity index (χ2v) is 4.52. The second kappa shape index (κ2) is 5.48. The SMILES string of the molecule is C=C(C)COCC([SiH3])(OC)OC. The Morgan fingerprint density at radius 3 is 2.25 bits per heavy atom. The van der Waals surface area contributed by atoms with E-state index in [0.717, 1.165) is 15.8 Å². The van der Waals surface area contributed by atoms with E-state index in [9.17, 15) is 0 Å². The quantitative estimate of drug-likeness (QED) is 0.332. The molecule has 0 rings (SSSR count). The smallest absolute Gasteiger partial charge is 0.163 e. The first-order chi connectivity index (χ1) is 5.54. The zero-order chi connectivity index (χ0) is 9.61. The Hall–Kier alpha value is -0.163. The fourth-order valence-corrected chi connectivity index (χ4v) is 0.816. The van der Waals surface area contributed by atoms with Gasteiger partial charge in [-0.25, -0.2) is 0 Å². The van der Waals surface area contributed by atoms with E-state index in [-0.39, 0.29) is 0 Å². The number of ether oxygens (including phenoxy) is 3. The maximum absolute atomic E-state index is 5.33. The molecule has 0 heterocycles. The topological polar surface area (TPSA) is 27.7 Å². The minimum atomic E-state index is -0.505. The van der Waals surface area contributed by atoms with E-state index in [2.05, 4.69) is 6.58 Å². The van der Waals surface area contributed by atoms with Gasteiger partial charge >= 0.3 is 0 Å². The highest BCUT2D eigenvalue weighted by Gasteiger charge is 2.21. The van der Waals surface area contributed by atoms with Crippen molar-refractivity contribution in [2.45, 2.75) is 12.3 Å². The lowest BCUT2D eigenvalue weighted by atomic mass is 10.4. The largest absolute Gasteiger partial charge is 0.372 e. The van der Waals surface area contributed by atoms with E-state index in [4.69, 9.17) is 14.2 Å². The first-order valence-corrected chi connectivity index (χ1v) is 4.86. The van der Waals surface area contributed by atoms with Crippen molar-refractivity contribution in [3.05, 3.63) is 12.2 Å². The van der Waals surface area contributed by atoms with E-state index < -0.39 is 5.41 Å². The summed E-state index contributed by atoms with van der Waals surface area (Å²) in [6.45, 7) is 6.69. The molecule has 0 saturated heterocycles. The number of methoxy groups -OCH3 is 2. The van der Waals surface area contributed by atoms with Gasteiger partial charge in [-0.05, 0) is 6.92 Å². The Kier molecular flexibility index (Phi) is 5.40. The van der Waals surface area contributed by atoms with Gasteiger partial charge in [-0.2, -0.15) is 0 Å². The van der Waals surface area contributed by atoms with Crippen LogP contribution in [0.25, 0.3) is 0 Å². The van der Waals surface area contributed by atoms with Crippen molar-refractivity contribution in [1.82, 2.24) is 0 Å². The number of hydrogen-bond donors (Lipinski definition) is 0. The van der Waals surface area contributed by atoms with Crippen molar-refractivity contribution in [2.75, 3.05) is 27.4 Å². The molecule has 0 aromatic carbocycles. The molecule has 0 saturated carbocycles. The van der Waals surface area contributed by atoms with Crippen molar-refractivity contribution in [2.24, 2.45) is 0 Å². The van der Waals surface area contributed by atoms with Crippen molar-refractivity contribution in [3.8, 4) is 0 Å². The summed E-state index contributed by atoms with van der Waals surface area (Å²) in [5.41, 5.74) is 0.501. The molecule has 0 bridgehead atoms. The summed E-state index contributed by atoms with van der Waals surface area (Å²) in [5.74, 6) is 0. The van der Waals surface area contributed by atoms with Gasteiger partial charge in [0.2, 0.25) is 0 Å². The van der Waals surface area contributed by atoms with Crippen LogP contribution >= 0.6 is 0 Å². The van der Waals surface area contributed by atoms with Crippen LogP contribution in [-0.2, 0) is 14.2 Å². The fraction of sp³-hybridized carbons (Fsp3) is 0.750. The van der Waals surface area contributed by atoms with Gasteiger partial charge in [-0.15, -0.1) is 0 Å². The van der Waals surface area contributed by atoms with E-state index in [1.807, 2.05) is 6.92 Å². The summed E-state index contributed by atoms with van der Waals surface area (Å²) < 4.78 is 15.6. The molecule has 0 amide bonds. The summed E-state index contributed by atoms with van der Waals surface area (Å²) in [7, 11) is 4.03. The van der Waals surface area contributed by atoms with Gasteiger partial charge in [-0.1, -0.05) is 12.2 Å². The predicted molar refractivity (Wildman–Crippen MR) is 52.3 cm³/mol. The third-order valence-electron chi connectivity index (χ3n) is 1.58. The van der Waals surface area contributed by atoms with Gasteiger partial charge in [0.25, 0.3) is 0 Å². The Labute approximate surface area is 77.1 Å². The van der Waals surface area contributed by atoms with E-state index in [0.29, 0.717) is 13.2 Å². The fourth-order valence-electron chi connectivity index (χ4n) is 0.612. The maximum Gasteiger partial charge on any atom is 0.163 e. The van der Waals surface area contributed by atoms with Gasteiger partial charge in [-0.3, -0.25) is 0 Å². The van der Waals surface area contributed by atoms with E-state index >= 15 is 0 Å². The molecule has 0 aromatic rings. The molecule has 0 aliphatic rings. The summed E-state index contributed by atoms with van der Waals surface area (Å²) in [4.78, 5) is 0. The first kappa shape index (κ1) is 11.8. The van der Waals surface area contributed by atoms with Crippen molar-refractivity contribution in [3.63, 3.8) is 0 Å². The summed E-state index contributed by atoms with van der Waals surface area (Å²) >= 11 is 0. The zero-order valence-electron chi connectivity index (χ0n) is 8.35. The number of hydrogen-bond acceptors (Lipinski definition) is 3. The Bertz CT molecular complexity index is 143. The molecule has 0 aliphatic heterocycles. The van der Waals surface area contributed by atoms with Crippen LogP contribution < -0.4 is 0 Å². The first-order valence-electron chi connectivity index (χ1n) is 3.86. The van der Waals surface area contributed by atoms with Crippen LogP contribution in [-0.4, -0.2) is 43.1 Å². The minimum absolute atomic E-state index is 0.471. The average molecular weight is 190 g/mol. The summed E-state index contributed by atoms with van der Waals surface area (Å²) in [6, 6.07) is 0. The molecular weight excluding hydrogens is 172 g/mol. The minimum Gasteiger partial charge on any atom is -0.372 e. The lowest BCUT2D eigenvalue weighted by Crippen LogP contribution is -2.39.